The number of nitrogens with one attached hydrogen (secondary N) is 1. The standard InChI is InChI=1S/C22H19N5O2S/c1-23-20(28)19-17(18-21(30-19)25-8-7-24-18)14-6-9-27(12-14)22(29)15-10-13-4-2-3-5-16(13)26-11-15/h2-5,7-8,10-11,14H,6,9,12H2,1H3,(H,23,28). The molecule has 0 saturated carbocycles. The van der Waals surface area contributed by atoms with Gasteiger partial charge in [0.2, 0.25) is 0 Å². The summed E-state index contributed by atoms with van der Waals surface area (Å²) < 4.78 is 0. The first-order valence-electron chi connectivity index (χ1n) is 9.75. The van der Waals surface area contributed by atoms with Crippen molar-refractivity contribution in [1.29, 1.82) is 0 Å². The van der Waals surface area contributed by atoms with Crippen molar-refractivity contribution >= 4 is 44.4 Å². The molecule has 8 heteroatoms. The average Bonchev–Trinajstić information content (AvgIpc) is 3.42. The van der Waals surface area contributed by atoms with Crippen molar-refractivity contribution in [2.75, 3.05) is 20.1 Å². The third-order valence-corrected chi connectivity index (χ3v) is 6.62. The molecule has 1 saturated heterocycles. The largest absolute Gasteiger partial charge is 0.354 e. The molecule has 1 fully saturated rings. The minimum Gasteiger partial charge on any atom is -0.354 e. The van der Waals surface area contributed by atoms with Crippen molar-refractivity contribution < 1.29 is 9.59 Å². The molecule has 150 valence electrons. The van der Waals surface area contributed by atoms with Gasteiger partial charge in [-0.3, -0.25) is 19.6 Å². The summed E-state index contributed by atoms with van der Waals surface area (Å²) in [6.07, 6.45) is 5.69. The smallest absolute Gasteiger partial charge is 0.261 e. The first-order chi connectivity index (χ1) is 14.7. The summed E-state index contributed by atoms with van der Waals surface area (Å²) in [6.45, 7) is 1.17. The summed E-state index contributed by atoms with van der Waals surface area (Å²) in [4.78, 5) is 42.1. The number of para-hydroxylation sites is 1. The molecule has 4 heterocycles. The molecule has 0 bridgehead atoms. The highest BCUT2D eigenvalue weighted by Gasteiger charge is 2.33. The maximum Gasteiger partial charge on any atom is 0.261 e. The number of amides is 2. The number of likely N-dealkylation sites (tertiary alicyclic amines) is 1. The minimum absolute atomic E-state index is 0.0390. The summed E-state index contributed by atoms with van der Waals surface area (Å²) in [5, 5.41) is 3.65. The van der Waals surface area contributed by atoms with E-state index in [1.165, 1.54) is 11.3 Å². The van der Waals surface area contributed by atoms with Crippen molar-refractivity contribution in [3.05, 3.63) is 64.9 Å². The van der Waals surface area contributed by atoms with Crippen LogP contribution >= 0.6 is 11.3 Å². The van der Waals surface area contributed by atoms with E-state index in [-0.39, 0.29) is 17.7 Å². The minimum atomic E-state index is -0.140. The number of pyridine rings is 1. The normalized spacial score (nSPS) is 16.3. The number of carbonyl (C=O) groups excluding carboxylic acids is 2. The Morgan fingerprint density at radius 3 is 2.87 bits per heavy atom. The van der Waals surface area contributed by atoms with E-state index in [4.69, 9.17) is 0 Å². The van der Waals surface area contributed by atoms with Gasteiger partial charge in [0.25, 0.3) is 11.8 Å². The van der Waals surface area contributed by atoms with Crippen LogP contribution in [-0.4, -0.2) is 51.8 Å². The topological polar surface area (TPSA) is 88.1 Å². The van der Waals surface area contributed by atoms with Gasteiger partial charge in [-0.05, 0) is 18.6 Å². The van der Waals surface area contributed by atoms with Gasteiger partial charge < -0.3 is 10.2 Å². The lowest BCUT2D eigenvalue weighted by Gasteiger charge is -2.17. The molecule has 1 aromatic carbocycles. The van der Waals surface area contributed by atoms with Crippen LogP contribution in [0.5, 0.6) is 0 Å². The van der Waals surface area contributed by atoms with Crippen LogP contribution in [0.3, 0.4) is 0 Å². The first kappa shape index (κ1) is 18.6. The number of aromatic nitrogens is 3. The molecule has 30 heavy (non-hydrogen) atoms. The molecule has 1 atom stereocenters. The van der Waals surface area contributed by atoms with Crippen LogP contribution in [0.25, 0.3) is 21.3 Å². The molecule has 5 rings (SSSR count). The van der Waals surface area contributed by atoms with Crippen LogP contribution in [0.1, 0.15) is 37.9 Å². The number of thiophene rings is 1. The molecule has 7 nitrogen and oxygen atoms in total. The Morgan fingerprint density at radius 1 is 1.17 bits per heavy atom. The molecule has 1 aliphatic heterocycles. The van der Waals surface area contributed by atoms with Gasteiger partial charge in [0.15, 0.2) is 0 Å². The molecule has 2 amide bonds. The average molecular weight is 417 g/mol. The Labute approximate surface area is 176 Å². The summed E-state index contributed by atoms with van der Waals surface area (Å²) in [5.41, 5.74) is 3.10. The van der Waals surface area contributed by atoms with Crippen molar-refractivity contribution in [2.45, 2.75) is 12.3 Å². The Hall–Kier alpha value is -3.39. The van der Waals surface area contributed by atoms with Gasteiger partial charge >= 0.3 is 0 Å². The van der Waals surface area contributed by atoms with E-state index >= 15 is 0 Å². The van der Waals surface area contributed by atoms with Gasteiger partial charge in [-0.25, -0.2) is 4.98 Å². The highest BCUT2D eigenvalue weighted by atomic mass is 32.1. The monoisotopic (exact) mass is 417 g/mol. The first-order valence-corrected chi connectivity index (χ1v) is 10.6. The third-order valence-electron chi connectivity index (χ3n) is 5.52. The Morgan fingerprint density at radius 2 is 2.00 bits per heavy atom. The molecular weight excluding hydrogens is 398 g/mol. The van der Waals surface area contributed by atoms with Crippen LogP contribution in [0.15, 0.2) is 48.9 Å². The lowest BCUT2D eigenvalue weighted by atomic mass is 9.97. The highest BCUT2D eigenvalue weighted by molar-refractivity contribution is 7.20. The molecule has 1 aliphatic rings. The van der Waals surface area contributed by atoms with Crippen LogP contribution in [0, 0.1) is 0 Å². The van der Waals surface area contributed by atoms with E-state index in [1.807, 2.05) is 35.2 Å². The number of carbonyl (C=O) groups is 2. The fourth-order valence-corrected chi connectivity index (χ4v) is 5.19. The number of nitrogens with zero attached hydrogens (tertiary/aromatic N) is 4. The Kier molecular flexibility index (Phi) is 4.63. The van der Waals surface area contributed by atoms with E-state index in [9.17, 15) is 9.59 Å². The number of hydrogen-bond donors (Lipinski definition) is 1. The summed E-state index contributed by atoms with van der Waals surface area (Å²) in [5.74, 6) is -0.138. The zero-order valence-corrected chi connectivity index (χ0v) is 17.1. The van der Waals surface area contributed by atoms with Gasteiger partial charge in [0.1, 0.15) is 10.3 Å². The number of rotatable bonds is 3. The predicted octanol–water partition coefficient (Wildman–Crippen LogP) is 3.23. The van der Waals surface area contributed by atoms with Gasteiger partial charge in [0.05, 0.1) is 16.0 Å². The van der Waals surface area contributed by atoms with Crippen LogP contribution in [0.2, 0.25) is 0 Å². The van der Waals surface area contributed by atoms with E-state index in [2.05, 4.69) is 20.3 Å². The molecule has 0 aliphatic carbocycles. The molecule has 4 aromatic rings. The van der Waals surface area contributed by atoms with Crippen molar-refractivity contribution in [3.63, 3.8) is 0 Å². The van der Waals surface area contributed by atoms with Crippen molar-refractivity contribution in [3.8, 4) is 0 Å². The zero-order chi connectivity index (χ0) is 20.7. The van der Waals surface area contributed by atoms with Crippen molar-refractivity contribution in [1.82, 2.24) is 25.2 Å². The van der Waals surface area contributed by atoms with Gasteiger partial charge in [-0.1, -0.05) is 18.2 Å². The third kappa shape index (κ3) is 3.09. The number of benzene rings is 1. The van der Waals surface area contributed by atoms with Gasteiger partial charge in [-0.2, -0.15) is 0 Å². The number of fused-ring (bicyclic) bond motifs is 2. The Bertz CT molecular complexity index is 1290. The van der Waals surface area contributed by atoms with Crippen LogP contribution in [-0.2, 0) is 0 Å². The molecule has 3 aromatic heterocycles. The molecule has 0 radical (unpaired) electrons. The second-order valence-corrected chi connectivity index (χ2v) is 8.29. The molecule has 0 spiro atoms. The molecule has 1 N–H and O–H groups in total. The SMILES string of the molecule is CNC(=O)c1sc2nccnc2c1C1CCN(C(=O)c2cnc3ccccc3c2)C1. The van der Waals surface area contributed by atoms with E-state index in [0.717, 1.165) is 33.2 Å². The van der Waals surface area contributed by atoms with E-state index in [1.54, 1.807) is 25.6 Å². The number of hydrogen-bond acceptors (Lipinski definition) is 6. The molecular formula is C22H19N5O2S. The Balaban J connectivity index is 1.45. The van der Waals surface area contributed by atoms with E-state index < -0.39 is 0 Å². The van der Waals surface area contributed by atoms with Crippen molar-refractivity contribution in [2.24, 2.45) is 0 Å². The van der Waals surface area contributed by atoms with Crippen LogP contribution in [0.4, 0.5) is 0 Å². The maximum atomic E-state index is 13.1. The molecule has 1 unspecified atom stereocenters. The fraction of sp³-hybridized carbons (Fsp3) is 0.227. The lowest BCUT2D eigenvalue weighted by molar-refractivity contribution is 0.0790. The second kappa shape index (κ2) is 7.46. The predicted molar refractivity (Wildman–Crippen MR) is 116 cm³/mol. The van der Waals surface area contributed by atoms with Gasteiger partial charge in [-0.15, -0.1) is 11.3 Å². The maximum absolute atomic E-state index is 13.1. The highest BCUT2D eigenvalue weighted by Crippen LogP contribution is 2.38. The second-order valence-electron chi connectivity index (χ2n) is 7.29. The summed E-state index contributed by atoms with van der Waals surface area (Å²) in [6, 6.07) is 9.64. The summed E-state index contributed by atoms with van der Waals surface area (Å²) >= 11 is 1.35. The zero-order valence-electron chi connectivity index (χ0n) is 16.3. The summed E-state index contributed by atoms with van der Waals surface area (Å²) in [7, 11) is 1.62. The van der Waals surface area contributed by atoms with E-state index in [0.29, 0.717) is 23.5 Å². The quantitative estimate of drug-likeness (QED) is 0.553. The van der Waals surface area contributed by atoms with Gasteiger partial charge in [0, 0.05) is 55.6 Å². The lowest BCUT2D eigenvalue weighted by Crippen LogP contribution is -2.28. The van der Waals surface area contributed by atoms with Crippen LogP contribution < -0.4 is 5.32 Å². The fourth-order valence-electron chi connectivity index (χ4n) is 4.06.